The van der Waals surface area contributed by atoms with Gasteiger partial charge in [-0.2, -0.15) is 0 Å². The van der Waals surface area contributed by atoms with Crippen LogP contribution >= 0.6 is 0 Å². The molecular weight excluding hydrogens is 198 g/mol. The third-order valence-corrected chi connectivity index (χ3v) is 1.54. The molecule has 0 saturated heterocycles. The van der Waals surface area contributed by atoms with Crippen LogP contribution in [0.25, 0.3) is 0 Å². The quantitative estimate of drug-likeness (QED) is 0.761. The van der Waals surface area contributed by atoms with Crippen LogP contribution in [-0.2, 0) is 6.54 Å². The fourth-order valence-corrected chi connectivity index (χ4v) is 0.959. The Morgan fingerprint density at radius 1 is 1.12 bits per heavy atom. The minimum absolute atomic E-state index is 0.523. The molecule has 0 atom stereocenters. The highest BCUT2D eigenvalue weighted by molar-refractivity contribution is 4.99. The predicted molar refractivity (Wildman–Crippen MR) is 71.6 cm³/mol. The Kier molecular flexibility index (Phi) is 11.7. The number of nitrogens with zero attached hydrogens (tertiary/aromatic N) is 3. The van der Waals surface area contributed by atoms with Gasteiger partial charge >= 0.3 is 0 Å². The molecule has 0 unspecified atom stereocenters. The van der Waals surface area contributed by atoms with Crippen molar-refractivity contribution in [1.82, 2.24) is 15.0 Å². The summed E-state index contributed by atoms with van der Waals surface area (Å²) in [5.74, 6) is 1.36. The molecule has 0 fully saturated rings. The Morgan fingerprint density at radius 2 is 1.56 bits per heavy atom. The second-order valence-corrected chi connectivity index (χ2v) is 4.36. The van der Waals surface area contributed by atoms with E-state index in [1.807, 2.05) is 24.7 Å². The van der Waals surface area contributed by atoms with Crippen molar-refractivity contribution >= 4 is 0 Å². The van der Waals surface area contributed by atoms with E-state index in [0.717, 1.165) is 12.5 Å². The zero-order chi connectivity index (χ0) is 13.1. The van der Waals surface area contributed by atoms with Crippen LogP contribution in [0.15, 0.2) is 6.20 Å². The molecule has 1 heterocycles. The first kappa shape index (κ1) is 17.5. The lowest BCUT2D eigenvalue weighted by Crippen LogP contribution is -2.03. The molecule has 0 aromatic carbocycles. The summed E-state index contributed by atoms with van der Waals surface area (Å²) in [5.41, 5.74) is 1.21. The summed E-state index contributed by atoms with van der Waals surface area (Å²) in [6.45, 7) is 17.8. The van der Waals surface area contributed by atoms with Gasteiger partial charge in [0.05, 0.1) is 11.9 Å². The fraction of sp³-hybridized carbons (Fsp3) is 0.846. The van der Waals surface area contributed by atoms with Crippen LogP contribution in [0.4, 0.5) is 0 Å². The van der Waals surface area contributed by atoms with Gasteiger partial charge in [0.1, 0.15) is 0 Å². The molecule has 3 nitrogen and oxygen atoms in total. The SMILES string of the molecule is CC.CC(C)C.CCn1nncc1C(C)C. The van der Waals surface area contributed by atoms with Crippen LogP contribution < -0.4 is 0 Å². The van der Waals surface area contributed by atoms with Crippen molar-refractivity contribution in [2.75, 3.05) is 0 Å². The lowest BCUT2D eigenvalue weighted by Gasteiger charge is -2.04. The van der Waals surface area contributed by atoms with Gasteiger partial charge in [0.15, 0.2) is 0 Å². The van der Waals surface area contributed by atoms with Crippen molar-refractivity contribution in [1.29, 1.82) is 0 Å². The second-order valence-electron chi connectivity index (χ2n) is 4.36. The van der Waals surface area contributed by atoms with E-state index in [0.29, 0.717) is 5.92 Å². The minimum atomic E-state index is 0.523. The molecule has 0 aliphatic carbocycles. The molecule has 0 aliphatic rings. The normalized spacial score (nSPS) is 9.38. The molecular formula is C13H29N3. The molecule has 0 bridgehead atoms. The first-order chi connectivity index (χ1) is 7.49. The second kappa shape index (κ2) is 10.7. The van der Waals surface area contributed by atoms with Crippen molar-refractivity contribution in [3.05, 3.63) is 11.9 Å². The summed E-state index contributed by atoms with van der Waals surface area (Å²) in [5, 5.41) is 7.75. The fourth-order valence-electron chi connectivity index (χ4n) is 0.959. The monoisotopic (exact) mass is 227 g/mol. The number of rotatable bonds is 2. The van der Waals surface area contributed by atoms with Gasteiger partial charge in [0.25, 0.3) is 0 Å². The molecule has 0 radical (unpaired) electrons. The molecule has 16 heavy (non-hydrogen) atoms. The van der Waals surface area contributed by atoms with Crippen LogP contribution in [0.1, 0.15) is 67.0 Å². The van der Waals surface area contributed by atoms with Crippen molar-refractivity contribution in [2.24, 2.45) is 5.92 Å². The Morgan fingerprint density at radius 3 is 1.81 bits per heavy atom. The zero-order valence-electron chi connectivity index (χ0n) is 12.3. The van der Waals surface area contributed by atoms with Crippen molar-refractivity contribution in [2.45, 2.75) is 67.9 Å². The van der Waals surface area contributed by atoms with Crippen LogP contribution in [0.5, 0.6) is 0 Å². The van der Waals surface area contributed by atoms with E-state index in [9.17, 15) is 0 Å². The summed E-state index contributed by atoms with van der Waals surface area (Å²) in [7, 11) is 0. The smallest absolute Gasteiger partial charge is 0.0727 e. The molecule has 1 rings (SSSR count). The van der Waals surface area contributed by atoms with Gasteiger partial charge in [-0.1, -0.05) is 53.7 Å². The Bertz CT molecular complexity index is 236. The van der Waals surface area contributed by atoms with E-state index < -0.39 is 0 Å². The molecule has 0 saturated carbocycles. The lowest BCUT2D eigenvalue weighted by atomic mass is 10.1. The molecule has 0 N–H and O–H groups in total. The summed E-state index contributed by atoms with van der Waals surface area (Å²) < 4.78 is 1.92. The van der Waals surface area contributed by atoms with Gasteiger partial charge in [0.2, 0.25) is 0 Å². The Hall–Kier alpha value is -0.860. The highest BCUT2D eigenvalue weighted by Gasteiger charge is 2.04. The topological polar surface area (TPSA) is 30.7 Å². The van der Waals surface area contributed by atoms with E-state index >= 15 is 0 Å². The van der Waals surface area contributed by atoms with E-state index in [2.05, 4.69) is 51.9 Å². The zero-order valence-corrected chi connectivity index (χ0v) is 12.3. The Balaban J connectivity index is 0. The molecule has 1 aromatic rings. The van der Waals surface area contributed by atoms with E-state index in [-0.39, 0.29) is 0 Å². The van der Waals surface area contributed by atoms with Gasteiger partial charge < -0.3 is 0 Å². The first-order valence-corrected chi connectivity index (χ1v) is 6.37. The van der Waals surface area contributed by atoms with Crippen LogP contribution in [0.3, 0.4) is 0 Å². The van der Waals surface area contributed by atoms with E-state index in [1.165, 1.54) is 5.69 Å². The van der Waals surface area contributed by atoms with Crippen LogP contribution in [-0.4, -0.2) is 15.0 Å². The Labute approximate surface area is 101 Å². The maximum absolute atomic E-state index is 3.92. The summed E-state index contributed by atoms with van der Waals surface area (Å²) in [4.78, 5) is 0. The van der Waals surface area contributed by atoms with Crippen LogP contribution in [0.2, 0.25) is 0 Å². The van der Waals surface area contributed by atoms with Gasteiger partial charge in [-0.15, -0.1) is 5.10 Å². The highest BCUT2D eigenvalue weighted by Crippen LogP contribution is 2.10. The molecule has 0 amide bonds. The largest absolute Gasteiger partial charge is 0.249 e. The standard InChI is InChI=1S/C7H13N3.C4H10.C2H6/c1-4-10-7(6(2)3)5-8-9-10;1-4(2)3;1-2/h5-6H,4H2,1-3H3;4H,1-3H3;1-2H3. The molecule has 1 aromatic heterocycles. The highest BCUT2D eigenvalue weighted by atomic mass is 15.4. The van der Waals surface area contributed by atoms with Crippen molar-refractivity contribution < 1.29 is 0 Å². The third-order valence-electron chi connectivity index (χ3n) is 1.54. The molecule has 0 spiro atoms. The number of hydrogen-bond acceptors (Lipinski definition) is 2. The number of aryl methyl sites for hydroxylation is 1. The molecule has 3 heteroatoms. The molecule has 0 aliphatic heterocycles. The third kappa shape index (κ3) is 8.45. The first-order valence-electron chi connectivity index (χ1n) is 6.37. The van der Waals surface area contributed by atoms with Gasteiger partial charge in [-0.25, -0.2) is 4.68 Å². The average Bonchev–Trinajstić information content (AvgIpc) is 2.67. The van der Waals surface area contributed by atoms with Gasteiger partial charge in [-0.3, -0.25) is 0 Å². The van der Waals surface area contributed by atoms with Gasteiger partial charge in [-0.05, 0) is 18.8 Å². The maximum Gasteiger partial charge on any atom is 0.0727 e. The minimum Gasteiger partial charge on any atom is -0.249 e. The van der Waals surface area contributed by atoms with Crippen molar-refractivity contribution in [3.63, 3.8) is 0 Å². The number of aromatic nitrogens is 3. The van der Waals surface area contributed by atoms with Crippen LogP contribution in [0, 0.1) is 5.92 Å². The lowest BCUT2D eigenvalue weighted by molar-refractivity contribution is 0.579. The van der Waals surface area contributed by atoms with Gasteiger partial charge in [0, 0.05) is 6.54 Å². The summed E-state index contributed by atoms with van der Waals surface area (Å²) >= 11 is 0. The summed E-state index contributed by atoms with van der Waals surface area (Å²) in [6, 6.07) is 0. The van der Waals surface area contributed by atoms with Crippen molar-refractivity contribution in [3.8, 4) is 0 Å². The molecule has 96 valence electrons. The summed E-state index contributed by atoms with van der Waals surface area (Å²) in [6.07, 6.45) is 1.83. The predicted octanol–water partition coefficient (Wildman–Crippen LogP) is 4.11. The average molecular weight is 227 g/mol. The maximum atomic E-state index is 3.92. The van der Waals surface area contributed by atoms with E-state index in [1.54, 1.807) is 0 Å². The van der Waals surface area contributed by atoms with E-state index in [4.69, 9.17) is 0 Å². The number of hydrogen-bond donors (Lipinski definition) is 0.